The van der Waals surface area contributed by atoms with Crippen molar-refractivity contribution >= 4 is 5.97 Å². The van der Waals surface area contributed by atoms with Crippen molar-refractivity contribution in [1.82, 2.24) is 0 Å². The van der Waals surface area contributed by atoms with Crippen LogP contribution >= 0.6 is 0 Å². The third-order valence-electron chi connectivity index (χ3n) is 1.88. The molecule has 0 saturated heterocycles. The first kappa shape index (κ1) is 9.26. The minimum absolute atomic E-state index is 0.281. The van der Waals surface area contributed by atoms with Crippen molar-refractivity contribution < 1.29 is 14.6 Å². The van der Waals surface area contributed by atoms with Gasteiger partial charge in [-0.3, -0.25) is 0 Å². The molecule has 0 saturated carbocycles. The fraction of sp³-hybridized carbons (Fsp3) is 0.667. The van der Waals surface area contributed by atoms with Crippen molar-refractivity contribution in [3.63, 3.8) is 0 Å². The summed E-state index contributed by atoms with van der Waals surface area (Å²) in [6.07, 6.45) is 3.49. The van der Waals surface area contributed by atoms with Gasteiger partial charge in [0.15, 0.2) is 0 Å². The van der Waals surface area contributed by atoms with Gasteiger partial charge in [0.2, 0.25) is 0 Å². The van der Waals surface area contributed by atoms with Crippen molar-refractivity contribution in [2.75, 3.05) is 6.61 Å². The molecule has 0 aromatic carbocycles. The smallest absolute Gasteiger partial charge is 0.333 e. The predicted molar refractivity (Wildman–Crippen MR) is 44.6 cm³/mol. The second-order valence-electron chi connectivity index (χ2n) is 2.87. The maximum Gasteiger partial charge on any atom is 0.333 e. The van der Waals surface area contributed by atoms with E-state index in [9.17, 15) is 9.90 Å². The highest BCUT2D eigenvalue weighted by Gasteiger charge is 2.17. The molecule has 68 valence electrons. The third kappa shape index (κ3) is 2.34. The summed E-state index contributed by atoms with van der Waals surface area (Å²) in [6.45, 7) is 2.17. The van der Waals surface area contributed by atoms with Gasteiger partial charge in [-0.15, -0.1) is 0 Å². The molecule has 1 aliphatic carbocycles. The largest absolute Gasteiger partial charge is 0.463 e. The summed E-state index contributed by atoms with van der Waals surface area (Å²) < 4.78 is 4.81. The highest BCUT2D eigenvalue weighted by molar-refractivity contribution is 5.88. The Hall–Kier alpha value is -0.830. The lowest BCUT2D eigenvalue weighted by atomic mass is 9.98. The number of hydrogen-bond acceptors (Lipinski definition) is 3. The number of hydrogen-bond donors (Lipinski definition) is 1. The lowest BCUT2D eigenvalue weighted by molar-refractivity contribution is -0.138. The normalized spacial score (nSPS) is 23.2. The van der Waals surface area contributed by atoms with Gasteiger partial charge in [0, 0.05) is 5.57 Å². The number of rotatable bonds is 2. The molecule has 0 unspecified atom stereocenters. The van der Waals surface area contributed by atoms with Crippen LogP contribution in [0.1, 0.15) is 26.2 Å². The van der Waals surface area contributed by atoms with E-state index in [1.54, 1.807) is 13.0 Å². The van der Waals surface area contributed by atoms with Crippen LogP contribution in [0.4, 0.5) is 0 Å². The molecule has 0 amide bonds. The molecular weight excluding hydrogens is 156 g/mol. The van der Waals surface area contributed by atoms with Crippen molar-refractivity contribution in [3.05, 3.63) is 11.6 Å². The van der Waals surface area contributed by atoms with Crippen LogP contribution in [0.2, 0.25) is 0 Å². The zero-order valence-electron chi connectivity index (χ0n) is 7.25. The summed E-state index contributed by atoms with van der Waals surface area (Å²) in [5, 5.41) is 9.21. The van der Waals surface area contributed by atoms with E-state index in [1.165, 1.54) is 0 Å². The Bertz CT molecular complexity index is 196. The quantitative estimate of drug-likeness (QED) is 0.629. The molecule has 0 aromatic rings. The summed E-state index contributed by atoms with van der Waals surface area (Å²) in [5.74, 6) is -0.281. The molecule has 1 aliphatic rings. The summed E-state index contributed by atoms with van der Waals surface area (Å²) >= 11 is 0. The molecule has 0 fully saturated rings. The van der Waals surface area contributed by atoms with Gasteiger partial charge in [-0.2, -0.15) is 0 Å². The topological polar surface area (TPSA) is 46.5 Å². The Kier molecular flexibility index (Phi) is 3.29. The molecule has 0 aromatic heterocycles. The molecule has 1 N–H and O–H groups in total. The first-order valence-corrected chi connectivity index (χ1v) is 4.30. The molecule has 1 rings (SSSR count). The molecule has 1 atom stereocenters. The lowest BCUT2D eigenvalue weighted by Gasteiger charge is -2.15. The van der Waals surface area contributed by atoms with E-state index < -0.39 is 6.10 Å². The molecule has 0 bridgehead atoms. The second kappa shape index (κ2) is 4.26. The molecule has 0 aliphatic heterocycles. The van der Waals surface area contributed by atoms with Crippen molar-refractivity contribution in [1.29, 1.82) is 0 Å². The van der Waals surface area contributed by atoms with E-state index in [1.807, 2.05) is 0 Å². The van der Waals surface area contributed by atoms with E-state index in [4.69, 9.17) is 4.74 Å². The Morgan fingerprint density at radius 1 is 1.83 bits per heavy atom. The first-order chi connectivity index (χ1) is 5.74. The van der Waals surface area contributed by atoms with E-state index in [0.29, 0.717) is 12.2 Å². The molecule has 0 spiro atoms. The molecule has 0 radical (unpaired) electrons. The van der Waals surface area contributed by atoms with Crippen LogP contribution in [0.5, 0.6) is 0 Å². The zero-order chi connectivity index (χ0) is 8.97. The van der Waals surface area contributed by atoms with Crippen LogP contribution in [0.25, 0.3) is 0 Å². The molecule has 3 nitrogen and oxygen atoms in total. The van der Waals surface area contributed by atoms with E-state index in [-0.39, 0.29) is 5.97 Å². The van der Waals surface area contributed by atoms with Crippen molar-refractivity contribution in [2.45, 2.75) is 32.3 Å². The Morgan fingerprint density at radius 2 is 2.58 bits per heavy atom. The van der Waals surface area contributed by atoms with Crippen molar-refractivity contribution in [2.24, 2.45) is 0 Å². The minimum Gasteiger partial charge on any atom is -0.463 e. The Morgan fingerprint density at radius 3 is 3.17 bits per heavy atom. The maximum atomic E-state index is 11.1. The minimum atomic E-state index is -0.460. The van der Waals surface area contributed by atoms with Crippen LogP contribution in [0.15, 0.2) is 11.6 Å². The standard InChI is InChI=1S/C9H14O3/c1-2-12-9(11)7-4-3-5-8(10)6-7/h6,8,10H,2-5H2,1H3/t8-/m1/s1. The Labute approximate surface area is 72.0 Å². The number of carbonyl (C=O) groups excluding carboxylic acids is 1. The van der Waals surface area contributed by atoms with Gasteiger partial charge in [0.1, 0.15) is 0 Å². The summed E-state index contributed by atoms with van der Waals surface area (Å²) in [4.78, 5) is 11.1. The van der Waals surface area contributed by atoms with Crippen LogP contribution in [-0.4, -0.2) is 23.8 Å². The van der Waals surface area contributed by atoms with Gasteiger partial charge < -0.3 is 9.84 Å². The first-order valence-electron chi connectivity index (χ1n) is 4.30. The van der Waals surface area contributed by atoms with E-state index in [2.05, 4.69) is 0 Å². The maximum absolute atomic E-state index is 11.1. The van der Waals surface area contributed by atoms with E-state index in [0.717, 1.165) is 19.3 Å². The van der Waals surface area contributed by atoms with Crippen molar-refractivity contribution in [3.8, 4) is 0 Å². The highest BCUT2D eigenvalue weighted by Crippen LogP contribution is 2.18. The zero-order valence-corrected chi connectivity index (χ0v) is 7.25. The average Bonchev–Trinajstić information content (AvgIpc) is 2.05. The number of aliphatic hydroxyl groups excluding tert-OH is 1. The van der Waals surface area contributed by atoms with Crippen LogP contribution < -0.4 is 0 Å². The van der Waals surface area contributed by atoms with E-state index >= 15 is 0 Å². The van der Waals surface area contributed by atoms with Gasteiger partial charge >= 0.3 is 5.97 Å². The lowest BCUT2D eigenvalue weighted by Crippen LogP contribution is -2.16. The fourth-order valence-electron chi connectivity index (χ4n) is 1.29. The van der Waals surface area contributed by atoms with Gasteiger partial charge in [0.25, 0.3) is 0 Å². The van der Waals surface area contributed by atoms with Crippen LogP contribution in [0.3, 0.4) is 0 Å². The summed E-state index contributed by atoms with van der Waals surface area (Å²) in [5.41, 5.74) is 0.621. The summed E-state index contributed by atoms with van der Waals surface area (Å²) in [7, 11) is 0. The van der Waals surface area contributed by atoms with Crippen LogP contribution in [0, 0.1) is 0 Å². The number of aliphatic hydroxyl groups is 1. The third-order valence-corrected chi connectivity index (χ3v) is 1.88. The number of esters is 1. The van der Waals surface area contributed by atoms with Gasteiger partial charge in [-0.05, 0) is 32.3 Å². The number of ether oxygens (including phenoxy) is 1. The van der Waals surface area contributed by atoms with Gasteiger partial charge in [-0.25, -0.2) is 4.79 Å². The second-order valence-corrected chi connectivity index (χ2v) is 2.87. The fourth-order valence-corrected chi connectivity index (χ4v) is 1.29. The summed E-state index contributed by atoms with van der Waals surface area (Å²) in [6, 6.07) is 0. The monoisotopic (exact) mass is 170 g/mol. The molecule has 3 heteroatoms. The van der Waals surface area contributed by atoms with Gasteiger partial charge in [0.05, 0.1) is 12.7 Å². The molecular formula is C9H14O3. The number of carbonyl (C=O) groups is 1. The SMILES string of the molecule is CCOC(=O)C1=C[C@H](O)CCC1. The average molecular weight is 170 g/mol. The predicted octanol–water partition coefficient (Wildman–Crippen LogP) is 1.02. The van der Waals surface area contributed by atoms with Gasteiger partial charge in [-0.1, -0.05) is 0 Å². The Balaban J connectivity index is 2.55. The van der Waals surface area contributed by atoms with Crippen LogP contribution in [-0.2, 0) is 9.53 Å². The molecule has 0 heterocycles. The molecule has 12 heavy (non-hydrogen) atoms. The highest BCUT2D eigenvalue weighted by atomic mass is 16.5.